The highest BCUT2D eigenvalue weighted by Crippen LogP contribution is 2.23. The SMILES string of the molecule is CC(C)(NC(=O)c1ccc(Br)cc1)c1ccccc1F. The largest absolute Gasteiger partial charge is 0.343 e. The van der Waals surface area contributed by atoms with Gasteiger partial charge >= 0.3 is 0 Å². The highest BCUT2D eigenvalue weighted by atomic mass is 79.9. The molecular weight excluding hydrogens is 321 g/mol. The van der Waals surface area contributed by atoms with E-state index in [0.717, 1.165) is 4.47 Å². The second kappa shape index (κ2) is 5.75. The van der Waals surface area contributed by atoms with Gasteiger partial charge in [0, 0.05) is 15.6 Å². The summed E-state index contributed by atoms with van der Waals surface area (Å²) < 4.78 is 14.7. The van der Waals surface area contributed by atoms with Crippen molar-refractivity contribution in [3.05, 3.63) is 69.9 Å². The van der Waals surface area contributed by atoms with Crippen LogP contribution in [-0.2, 0) is 5.54 Å². The Hall–Kier alpha value is -1.68. The molecule has 0 unspecified atom stereocenters. The first-order chi connectivity index (χ1) is 9.40. The van der Waals surface area contributed by atoms with E-state index in [1.165, 1.54) is 6.07 Å². The lowest BCUT2D eigenvalue weighted by atomic mass is 9.93. The van der Waals surface area contributed by atoms with E-state index in [0.29, 0.717) is 11.1 Å². The van der Waals surface area contributed by atoms with Gasteiger partial charge in [0.15, 0.2) is 0 Å². The van der Waals surface area contributed by atoms with Crippen molar-refractivity contribution in [2.45, 2.75) is 19.4 Å². The van der Waals surface area contributed by atoms with Crippen molar-refractivity contribution in [3.8, 4) is 0 Å². The lowest BCUT2D eigenvalue weighted by Crippen LogP contribution is -2.41. The molecule has 0 atom stereocenters. The molecule has 0 aliphatic rings. The molecule has 20 heavy (non-hydrogen) atoms. The van der Waals surface area contributed by atoms with Gasteiger partial charge in [0.05, 0.1) is 5.54 Å². The van der Waals surface area contributed by atoms with Crippen molar-refractivity contribution in [1.29, 1.82) is 0 Å². The molecule has 0 heterocycles. The number of carbonyl (C=O) groups is 1. The van der Waals surface area contributed by atoms with E-state index in [9.17, 15) is 9.18 Å². The molecule has 104 valence electrons. The first-order valence-electron chi connectivity index (χ1n) is 6.23. The summed E-state index contributed by atoms with van der Waals surface area (Å²) in [5.41, 5.74) is 0.221. The lowest BCUT2D eigenvalue weighted by Gasteiger charge is -2.27. The zero-order chi connectivity index (χ0) is 14.8. The summed E-state index contributed by atoms with van der Waals surface area (Å²) in [5.74, 6) is -0.556. The molecule has 1 amide bonds. The van der Waals surface area contributed by atoms with Crippen LogP contribution in [0.3, 0.4) is 0 Å². The number of halogens is 2. The monoisotopic (exact) mass is 335 g/mol. The van der Waals surface area contributed by atoms with E-state index in [1.54, 1.807) is 56.3 Å². The summed E-state index contributed by atoms with van der Waals surface area (Å²) in [6, 6.07) is 13.5. The molecule has 0 saturated carbocycles. The first kappa shape index (κ1) is 14.7. The Morgan fingerprint density at radius 3 is 2.30 bits per heavy atom. The van der Waals surface area contributed by atoms with E-state index in [4.69, 9.17) is 0 Å². The molecule has 0 fully saturated rings. The second-order valence-electron chi connectivity index (χ2n) is 5.07. The fourth-order valence-electron chi connectivity index (χ4n) is 1.99. The number of carbonyl (C=O) groups excluding carboxylic acids is 1. The number of amides is 1. The molecule has 0 aromatic heterocycles. The van der Waals surface area contributed by atoms with Gasteiger partial charge in [-0.1, -0.05) is 34.1 Å². The molecule has 0 aliphatic heterocycles. The third-order valence-corrected chi connectivity index (χ3v) is 3.61. The Morgan fingerprint density at radius 1 is 1.10 bits per heavy atom. The summed E-state index contributed by atoms with van der Waals surface area (Å²) in [6.45, 7) is 3.56. The van der Waals surface area contributed by atoms with Crippen LogP contribution < -0.4 is 5.32 Å². The molecule has 1 N–H and O–H groups in total. The Kier molecular flexibility index (Phi) is 4.23. The number of nitrogens with one attached hydrogen (secondary N) is 1. The predicted octanol–water partition coefficient (Wildman–Crippen LogP) is 4.25. The van der Waals surface area contributed by atoms with Gasteiger partial charge < -0.3 is 5.32 Å². The van der Waals surface area contributed by atoms with Gasteiger partial charge in [0.2, 0.25) is 0 Å². The molecule has 2 rings (SSSR count). The number of rotatable bonds is 3. The summed E-state index contributed by atoms with van der Waals surface area (Å²) in [6.07, 6.45) is 0. The number of hydrogen-bond acceptors (Lipinski definition) is 1. The Balaban J connectivity index is 2.22. The van der Waals surface area contributed by atoms with Gasteiger partial charge in [0.25, 0.3) is 5.91 Å². The van der Waals surface area contributed by atoms with E-state index in [-0.39, 0.29) is 11.7 Å². The fourth-order valence-corrected chi connectivity index (χ4v) is 2.26. The van der Waals surface area contributed by atoms with Gasteiger partial charge in [-0.3, -0.25) is 4.79 Å². The third kappa shape index (κ3) is 3.25. The predicted molar refractivity (Wildman–Crippen MR) is 81.0 cm³/mol. The molecule has 2 aromatic carbocycles. The minimum Gasteiger partial charge on any atom is -0.343 e. The van der Waals surface area contributed by atoms with Crippen molar-refractivity contribution in [1.82, 2.24) is 5.32 Å². The average Bonchev–Trinajstić information content (AvgIpc) is 2.39. The van der Waals surface area contributed by atoms with E-state index < -0.39 is 5.54 Å². The zero-order valence-electron chi connectivity index (χ0n) is 11.3. The minimum absolute atomic E-state index is 0.231. The van der Waals surface area contributed by atoms with E-state index in [2.05, 4.69) is 21.2 Å². The smallest absolute Gasteiger partial charge is 0.251 e. The maximum atomic E-state index is 13.8. The first-order valence-corrected chi connectivity index (χ1v) is 7.02. The van der Waals surface area contributed by atoms with Crippen LogP contribution in [0.2, 0.25) is 0 Å². The van der Waals surface area contributed by atoms with Crippen LogP contribution in [0.1, 0.15) is 29.8 Å². The molecule has 2 aromatic rings. The van der Waals surface area contributed by atoms with Gasteiger partial charge in [-0.25, -0.2) is 4.39 Å². The van der Waals surface area contributed by atoms with Crippen LogP contribution in [0.15, 0.2) is 53.0 Å². The van der Waals surface area contributed by atoms with Crippen LogP contribution in [-0.4, -0.2) is 5.91 Å². The van der Waals surface area contributed by atoms with Crippen molar-refractivity contribution in [2.24, 2.45) is 0 Å². The maximum Gasteiger partial charge on any atom is 0.251 e. The van der Waals surface area contributed by atoms with E-state index >= 15 is 0 Å². The molecule has 0 spiro atoms. The molecule has 0 aliphatic carbocycles. The fraction of sp³-hybridized carbons (Fsp3) is 0.188. The number of benzene rings is 2. The molecule has 0 radical (unpaired) electrons. The molecule has 0 saturated heterocycles. The summed E-state index contributed by atoms with van der Waals surface area (Å²) in [5, 5.41) is 2.85. The molecule has 0 bridgehead atoms. The molecule has 4 heteroatoms. The number of hydrogen-bond donors (Lipinski definition) is 1. The van der Waals surface area contributed by atoms with Crippen molar-refractivity contribution in [3.63, 3.8) is 0 Å². The van der Waals surface area contributed by atoms with Gasteiger partial charge in [-0.15, -0.1) is 0 Å². The van der Waals surface area contributed by atoms with Crippen molar-refractivity contribution < 1.29 is 9.18 Å². The second-order valence-corrected chi connectivity index (χ2v) is 5.98. The van der Waals surface area contributed by atoms with Crippen LogP contribution in [0.5, 0.6) is 0 Å². The zero-order valence-corrected chi connectivity index (χ0v) is 12.9. The normalized spacial score (nSPS) is 11.2. The van der Waals surface area contributed by atoms with Crippen LogP contribution >= 0.6 is 15.9 Å². The van der Waals surface area contributed by atoms with Gasteiger partial charge in [-0.2, -0.15) is 0 Å². The van der Waals surface area contributed by atoms with Gasteiger partial charge in [0.1, 0.15) is 5.82 Å². The van der Waals surface area contributed by atoms with Crippen LogP contribution in [0.4, 0.5) is 4.39 Å². The highest BCUT2D eigenvalue weighted by Gasteiger charge is 2.26. The standard InChI is InChI=1S/C16H15BrFNO/c1-16(2,13-5-3-4-6-14(13)18)19-15(20)11-7-9-12(17)10-8-11/h3-10H,1-2H3,(H,19,20). The van der Waals surface area contributed by atoms with Crippen molar-refractivity contribution >= 4 is 21.8 Å². The van der Waals surface area contributed by atoms with Crippen molar-refractivity contribution in [2.75, 3.05) is 0 Å². The summed E-state index contributed by atoms with van der Waals surface area (Å²) in [4.78, 5) is 12.2. The lowest BCUT2D eigenvalue weighted by molar-refractivity contribution is 0.0911. The average molecular weight is 336 g/mol. The van der Waals surface area contributed by atoms with Gasteiger partial charge in [-0.05, 0) is 44.2 Å². The Morgan fingerprint density at radius 2 is 1.70 bits per heavy atom. The Labute approximate surface area is 126 Å². The maximum absolute atomic E-state index is 13.8. The summed E-state index contributed by atoms with van der Waals surface area (Å²) >= 11 is 3.32. The van der Waals surface area contributed by atoms with Crippen LogP contribution in [0, 0.1) is 5.82 Å². The molecule has 2 nitrogen and oxygen atoms in total. The topological polar surface area (TPSA) is 29.1 Å². The highest BCUT2D eigenvalue weighted by molar-refractivity contribution is 9.10. The Bertz CT molecular complexity index is 623. The molecular formula is C16H15BrFNO. The summed E-state index contributed by atoms with van der Waals surface area (Å²) in [7, 11) is 0. The third-order valence-electron chi connectivity index (χ3n) is 3.08. The quantitative estimate of drug-likeness (QED) is 0.892. The minimum atomic E-state index is -0.782. The van der Waals surface area contributed by atoms with E-state index in [1.807, 2.05) is 0 Å². The van der Waals surface area contributed by atoms with Crippen LogP contribution in [0.25, 0.3) is 0 Å².